The summed E-state index contributed by atoms with van der Waals surface area (Å²) in [5.74, 6) is 1.84. The largest absolute Gasteiger partial charge is 0.485 e. The van der Waals surface area contributed by atoms with E-state index in [1.165, 1.54) is 0 Å². The summed E-state index contributed by atoms with van der Waals surface area (Å²) < 4.78 is 10.4. The van der Waals surface area contributed by atoms with E-state index >= 15 is 0 Å². The summed E-state index contributed by atoms with van der Waals surface area (Å²) in [6.07, 6.45) is 0. The van der Waals surface area contributed by atoms with Crippen LogP contribution in [0.5, 0.6) is 5.75 Å². The molecule has 0 radical (unpaired) electrons. The first-order valence-corrected chi connectivity index (χ1v) is 5.42. The lowest BCUT2D eigenvalue weighted by molar-refractivity contribution is 0.285. The van der Waals surface area contributed by atoms with Gasteiger partial charge < -0.3 is 15.0 Å². The maximum absolute atomic E-state index is 5.76. The molecule has 5 heteroatoms. The Morgan fingerprint density at radius 3 is 2.59 bits per heavy atom. The zero-order chi connectivity index (χ0) is 12.3. The highest BCUT2D eigenvalue weighted by Gasteiger charge is 2.04. The van der Waals surface area contributed by atoms with Crippen LogP contribution < -0.4 is 10.5 Å². The molecule has 0 saturated heterocycles. The van der Waals surface area contributed by atoms with Crippen molar-refractivity contribution in [2.75, 3.05) is 0 Å². The first kappa shape index (κ1) is 11.6. The molecule has 1 aromatic carbocycles. The van der Waals surface area contributed by atoms with Crippen LogP contribution in [0.1, 0.15) is 30.2 Å². The Morgan fingerprint density at radius 2 is 2.06 bits per heavy atom. The number of nitrogens with two attached hydrogens (primary N) is 1. The van der Waals surface area contributed by atoms with E-state index in [0.29, 0.717) is 18.3 Å². The average Bonchev–Trinajstić information content (AvgIpc) is 2.73. The van der Waals surface area contributed by atoms with Gasteiger partial charge in [0.2, 0.25) is 11.7 Å². The second-order valence-corrected chi connectivity index (χ2v) is 3.88. The van der Waals surface area contributed by atoms with Crippen LogP contribution in [0.25, 0.3) is 0 Å². The number of benzene rings is 1. The molecule has 0 fully saturated rings. The Kier molecular flexibility index (Phi) is 3.39. The Labute approximate surface area is 99.6 Å². The Morgan fingerprint density at radius 1 is 1.35 bits per heavy atom. The van der Waals surface area contributed by atoms with Gasteiger partial charge in [0.25, 0.3) is 0 Å². The molecule has 17 heavy (non-hydrogen) atoms. The van der Waals surface area contributed by atoms with Gasteiger partial charge in [0.15, 0.2) is 6.61 Å². The second-order valence-electron chi connectivity index (χ2n) is 3.88. The lowest BCUT2D eigenvalue weighted by Gasteiger charge is -2.07. The summed E-state index contributed by atoms with van der Waals surface area (Å²) in [4.78, 5) is 4.05. The van der Waals surface area contributed by atoms with Crippen molar-refractivity contribution in [1.82, 2.24) is 10.1 Å². The molecule has 2 rings (SSSR count). The van der Waals surface area contributed by atoms with Gasteiger partial charge in [-0.25, -0.2) is 0 Å². The van der Waals surface area contributed by atoms with E-state index in [1.807, 2.05) is 31.2 Å². The number of hydrogen-bond acceptors (Lipinski definition) is 5. The summed E-state index contributed by atoms with van der Waals surface area (Å²) in [6.45, 7) is 3.99. The minimum atomic E-state index is 0.0314. The molecule has 0 aliphatic carbocycles. The summed E-state index contributed by atoms with van der Waals surface area (Å²) in [5, 5.41) is 3.75. The van der Waals surface area contributed by atoms with Crippen molar-refractivity contribution in [3.63, 3.8) is 0 Å². The monoisotopic (exact) mass is 233 g/mol. The quantitative estimate of drug-likeness (QED) is 0.873. The third-order valence-corrected chi connectivity index (χ3v) is 2.34. The number of aromatic nitrogens is 2. The number of aryl methyl sites for hydroxylation is 1. The van der Waals surface area contributed by atoms with Crippen LogP contribution in [0.3, 0.4) is 0 Å². The zero-order valence-electron chi connectivity index (χ0n) is 9.88. The lowest BCUT2D eigenvalue weighted by atomic mass is 10.1. The van der Waals surface area contributed by atoms with Crippen LogP contribution >= 0.6 is 0 Å². The number of hydrogen-bond donors (Lipinski definition) is 1. The Hall–Kier alpha value is -1.88. The first-order chi connectivity index (χ1) is 8.15. The molecule has 0 bridgehead atoms. The third-order valence-electron chi connectivity index (χ3n) is 2.34. The van der Waals surface area contributed by atoms with E-state index in [0.717, 1.165) is 11.3 Å². The van der Waals surface area contributed by atoms with Crippen molar-refractivity contribution in [3.8, 4) is 5.75 Å². The van der Waals surface area contributed by atoms with Crippen molar-refractivity contribution < 1.29 is 9.26 Å². The average molecular weight is 233 g/mol. The Balaban J connectivity index is 1.95. The van der Waals surface area contributed by atoms with E-state index < -0.39 is 0 Å². The summed E-state index contributed by atoms with van der Waals surface area (Å²) in [6, 6.07) is 7.68. The van der Waals surface area contributed by atoms with Crippen molar-refractivity contribution in [1.29, 1.82) is 0 Å². The van der Waals surface area contributed by atoms with Gasteiger partial charge in [0.05, 0.1) is 0 Å². The van der Waals surface area contributed by atoms with Crippen LogP contribution in [-0.2, 0) is 6.61 Å². The molecular formula is C12H15N3O2. The van der Waals surface area contributed by atoms with E-state index in [-0.39, 0.29) is 6.04 Å². The second kappa shape index (κ2) is 4.97. The van der Waals surface area contributed by atoms with Gasteiger partial charge in [0.1, 0.15) is 5.75 Å². The fraction of sp³-hybridized carbons (Fsp3) is 0.333. The molecular weight excluding hydrogens is 218 g/mol. The highest BCUT2D eigenvalue weighted by Crippen LogP contribution is 2.16. The van der Waals surface area contributed by atoms with E-state index in [2.05, 4.69) is 10.1 Å². The highest BCUT2D eigenvalue weighted by molar-refractivity contribution is 5.28. The number of rotatable bonds is 4. The van der Waals surface area contributed by atoms with E-state index in [4.69, 9.17) is 15.0 Å². The predicted molar refractivity (Wildman–Crippen MR) is 62.4 cm³/mol. The van der Waals surface area contributed by atoms with Crippen molar-refractivity contribution >= 4 is 0 Å². The molecule has 1 atom stereocenters. The normalized spacial score (nSPS) is 12.4. The fourth-order valence-electron chi connectivity index (χ4n) is 1.42. The van der Waals surface area contributed by atoms with E-state index in [1.54, 1.807) is 6.92 Å². The molecule has 2 aromatic rings. The van der Waals surface area contributed by atoms with Crippen LogP contribution in [0.15, 0.2) is 28.8 Å². The maximum Gasteiger partial charge on any atom is 0.223 e. The van der Waals surface area contributed by atoms with Gasteiger partial charge in [-0.05, 0) is 24.6 Å². The molecule has 0 saturated carbocycles. The Bertz CT molecular complexity index is 477. The summed E-state index contributed by atoms with van der Waals surface area (Å²) >= 11 is 0. The van der Waals surface area contributed by atoms with Crippen molar-refractivity contribution in [3.05, 3.63) is 41.5 Å². The lowest BCUT2D eigenvalue weighted by Crippen LogP contribution is -2.04. The van der Waals surface area contributed by atoms with Gasteiger partial charge in [-0.3, -0.25) is 0 Å². The van der Waals surface area contributed by atoms with E-state index in [9.17, 15) is 0 Å². The van der Waals surface area contributed by atoms with Crippen molar-refractivity contribution in [2.45, 2.75) is 26.5 Å². The highest BCUT2D eigenvalue weighted by atomic mass is 16.5. The molecule has 1 aromatic heterocycles. The molecule has 1 heterocycles. The molecule has 0 amide bonds. The van der Waals surface area contributed by atoms with Crippen LogP contribution in [-0.4, -0.2) is 10.1 Å². The third kappa shape index (κ3) is 3.04. The molecule has 90 valence electrons. The number of nitrogens with zero attached hydrogens (tertiary/aromatic N) is 2. The van der Waals surface area contributed by atoms with Crippen LogP contribution in [0.4, 0.5) is 0 Å². The molecule has 0 aliphatic heterocycles. The van der Waals surface area contributed by atoms with Crippen LogP contribution in [0, 0.1) is 6.92 Å². The smallest absolute Gasteiger partial charge is 0.223 e. The molecule has 0 aliphatic rings. The standard InChI is InChI=1S/C12H15N3O2/c1-8(13)10-3-5-11(6-4-10)16-7-12-14-9(2)17-15-12/h3-6,8H,7,13H2,1-2H3. The number of ether oxygens (including phenoxy) is 1. The maximum atomic E-state index is 5.76. The van der Waals surface area contributed by atoms with Crippen molar-refractivity contribution in [2.24, 2.45) is 5.73 Å². The topological polar surface area (TPSA) is 74.2 Å². The zero-order valence-corrected chi connectivity index (χ0v) is 9.88. The first-order valence-electron chi connectivity index (χ1n) is 5.42. The molecule has 0 spiro atoms. The fourth-order valence-corrected chi connectivity index (χ4v) is 1.42. The minimum absolute atomic E-state index is 0.0314. The summed E-state index contributed by atoms with van der Waals surface area (Å²) in [5.41, 5.74) is 6.83. The van der Waals surface area contributed by atoms with Gasteiger partial charge in [-0.2, -0.15) is 4.98 Å². The molecule has 5 nitrogen and oxygen atoms in total. The van der Waals surface area contributed by atoms with Gasteiger partial charge >= 0.3 is 0 Å². The van der Waals surface area contributed by atoms with Gasteiger partial charge in [0, 0.05) is 13.0 Å². The molecule has 1 unspecified atom stereocenters. The predicted octanol–water partition coefficient (Wildman–Crippen LogP) is 1.98. The summed E-state index contributed by atoms with van der Waals surface area (Å²) in [7, 11) is 0. The van der Waals surface area contributed by atoms with Gasteiger partial charge in [-0.15, -0.1) is 0 Å². The van der Waals surface area contributed by atoms with Crippen LogP contribution in [0.2, 0.25) is 0 Å². The molecule has 2 N–H and O–H groups in total. The minimum Gasteiger partial charge on any atom is -0.485 e. The van der Waals surface area contributed by atoms with Gasteiger partial charge in [-0.1, -0.05) is 17.3 Å². The SMILES string of the molecule is Cc1nc(COc2ccc(C(C)N)cc2)no1.